The van der Waals surface area contributed by atoms with E-state index < -0.39 is 36.1 Å². The van der Waals surface area contributed by atoms with Crippen LogP contribution in [0.25, 0.3) is 0 Å². The zero-order valence-corrected chi connectivity index (χ0v) is 14.9. The van der Waals surface area contributed by atoms with Crippen molar-refractivity contribution < 1.29 is 29.3 Å². The number of rotatable bonds is 3. The molecule has 6 atom stereocenters. The molecule has 0 aromatic carbocycles. The second-order valence-corrected chi connectivity index (χ2v) is 7.01. The monoisotopic (exact) mass is 367 g/mol. The number of hydrogen-bond acceptors (Lipinski definition) is 7. The van der Waals surface area contributed by atoms with E-state index in [1.807, 2.05) is 0 Å². The summed E-state index contributed by atoms with van der Waals surface area (Å²) in [5, 5.41) is 24.9. The van der Waals surface area contributed by atoms with Gasteiger partial charge in [-0.3, -0.25) is 14.5 Å². The highest BCUT2D eigenvalue weighted by Gasteiger charge is 2.59. The topological polar surface area (TPSA) is 129 Å². The summed E-state index contributed by atoms with van der Waals surface area (Å²) in [5.41, 5.74) is 2.82. The van der Waals surface area contributed by atoms with Gasteiger partial charge in [-0.2, -0.15) is 5.10 Å². The van der Waals surface area contributed by atoms with E-state index in [0.29, 0.717) is 25.1 Å². The summed E-state index contributed by atoms with van der Waals surface area (Å²) >= 11 is 0. The number of aliphatic hydroxyl groups excluding tert-OH is 2. The SMILES string of the molecule is CCOC(=O)NN=C1C[C@@H](O)[C@@H](O)[C@@H]2[C@@H]3C(=O)N(CC)C(=O)[C@@H]3CC[C@@H]12. The van der Waals surface area contributed by atoms with E-state index in [4.69, 9.17) is 4.74 Å². The van der Waals surface area contributed by atoms with Crippen LogP contribution in [0.1, 0.15) is 33.1 Å². The number of carbonyl (C=O) groups is 3. The average Bonchev–Trinajstić information content (AvgIpc) is 2.87. The van der Waals surface area contributed by atoms with E-state index in [-0.39, 0.29) is 30.8 Å². The van der Waals surface area contributed by atoms with E-state index >= 15 is 0 Å². The maximum absolute atomic E-state index is 12.7. The number of ether oxygens (including phenoxy) is 1. The van der Waals surface area contributed by atoms with Gasteiger partial charge in [-0.1, -0.05) is 0 Å². The van der Waals surface area contributed by atoms with Crippen LogP contribution in [0, 0.1) is 23.7 Å². The molecule has 2 saturated carbocycles. The number of nitrogens with one attached hydrogen (secondary N) is 1. The minimum Gasteiger partial charge on any atom is -0.449 e. The van der Waals surface area contributed by atoms with Crippen molar-refractivity contribution in [2.24, 2.45) is 28.8 Å². The third-order valence-corrected chi connectivity index (χ3v) is 5.75. The molecular weight excluding hydrogens is 342 g/mol. The lowest BCUT2D eigenvalue weighted by Crippen LogP contribution is -2.55. The lowest BCUT2D eigenvalue weighted by molar-refractivity contribution is -0.141. The molecule has 1 heterocycles. The minimum atomic E-state index is -1.11. The Bertz CT molecular complexity index is 636. The van der Waals surface area contributed by atoms with Crippen LogP contribution in [0.3, 0.4) is 0 Å². The molecule has 3 rings (SSSR count). The van der Waals surface area contributed by atoms with Gasteiger partial charge in [0.25, 0.3) is 0 Å². The first-order valence-electron chi connectivity index (χ1n) is 9.11. The Labute approximate surface area is 151 Å². The number of hydrazone groups is 1. The number of hydrogen-bond donors (Lipinski definition) is 3. The summed E-state index contributed by atoms with van der Waals surface area (Å²) in [5.74, 6) is -2.46. The normalized spacial score (nSPS) is 38.2. The summed E-state index contributed by atoms with van der Waals surface area (Å²) in [6, 6.07) is 0. The number of amides is 3. The van der Waals surface area contributed by atoms with Crippen molar-refractivity contribution in [3.63, 3.8) is 0 Å². The fraction of sp³-hybridized carbons (Fsp3) is 0.765. The minimum absolute atomic E-state index is 0.103. The smallest absolute Gasteiger partial charge is 0.427 e. The van der Waals surface area contributed by atoms with Gasteiger partial charge in [-0.05, 0) is 26.7 Å². The van der Waals surface area contributed by atoms with Crippen molar-refractivity contribution in [1.82, 2.24) is 10.3 Å². The molecule has 1 aliphatic heterocycles. The Hall–Kier alpha value is -2.00. The predicted molar refractivity (Wildman–Crippen MR) is 89.8 cm³/mol. The molecule has 9 nitrogen and oxygen atoms in total. The van der Waals surface area contributed by atoms with Gasteiger partial charge in [0.05, 0.1) is 30.7 Å². The van der Waals surface area contributed by atoms with Gasteiger partial charge in [0, 0.05) is 30.5 Å². The van der Waals surface area contributed by atoms with Gasteiger partial charge in [-0.15, -0.1) is 0 Å². The van der Waals surface area contributed by atoms with Gasteiger partial charge in [0.1, 0.15) is 0 Å². The van der Waals surface area contributed by atoms with Crippen LogP contribution in [0.15, 0.2) is 5.10 Å². The number of aliphatic hydroxyl groups is 2. The van der Waals surface area contributed by atoms with Gasteiger partial charge in [0.15, 0.2) is 0 Å². The summed E-state index contributed by atoms with van der Waals surface area (Å²) in [4.78, 5) is 37.9. The molecule has 0 spiro atoms. The number of carbonyl (C=O) groups excluding carboxylic acids is 3. The van der Waals surface area contributed by atoms with Gasteiger partial charge >= 0.3 is 6.09 Å². The lowest BCUT2D eigenvalue weighted by Gasteiger charge is -2.45. The molecule has 144 valence electrons. The van der Waals surface area contributed by atoms with Crippen LogP contribution in [0.5, 0.6) is 0 Å². The lowest BCUT2D eigenvalue weighted by atomic mass is 9.60. The van der Waals surface area contributed by atoms with Gasteiger partial charge in [-0.25, -0.2) is 10.2 Å². The first-order chi connectivity index (χ1) is 12.4. The van der Waals surface area contributed by atoms with Crippen LogP contribution < -0.4 is 5.43 Å². The summed E-state index contributed by atoms with van der Waals surface area (Å²) in [7, 11) is 0. The third-order valence-electron chi connectivity index (χ3n) is 5.75. The highest BCUT2D eigenvalue weighted by molar-refractivity contribution is 6.06. The van der Waals surface area contributed by atoms with Crippen LogP contribution in [0.2, 0.25) is 0 Å². The van der Waals surface area contributed by atoms with E-state index in [1.54, 1.807) is 13.8 Å². The van der Waals surface area contributed by atoms with Crippen molar-refractivity contribution >= 4 is 23.6 Å². The Morgan fingerprint density at radius 1 is 1.23 bits per heavy atom. The molecule has 0 radical (unpaired) electrons. The van der Waals surface area contributed by atoms with E-state index in [1.165, 1.54) is 4.90 Å². The molecule has 0 aromatic heterocycles. The molecule has 3 fully saturated rings. The maximum Gasteiger partial charge on any atom is 0.427 e. The molecule has 1 saturated heterocycles. The molecule has 9 heteroatoms. The quantitative estimate of drug-likeness (QED) is 0.470. The second-order valence-electron chi connectivity index (χ2n) is 7.01. The van der Waals surface area contributed by atoms with Crippen LogP contribution in [0.4, 0.5) is 4.79 Å². The van der Waals surface area contributed by atoms with Gasteiger partial charge in [0.2, 0.25) is 11.8 Å². The first-order valence-corrected chi connectivity index (χ1v) is 9.11. The summed E-state index contributed by atoms with van der Waals surface area (Å²) < 4.78 is 4.77. The highest BCUT2D eigenvalue weighted by atomic mass is 16.5. The van der Waals surface area contributed by atoms with E-state index in [0.717, 1.165) is 0 Å². The molecular formula is C17H25N3O6. The van der Waals surface area contributed by atoms with Crippen molar-refractivity contribution in [3.8, 4) is 0 Å². The molecule has 3 aliphatic rings. The predicted octanol–water partition coefficient (Wildman–Crippen LogP) is -0.139. The third kappa shape index (κ3) is 2.99. The number of nitrogens with zero attached hydrogens (tertiary/aromatic N) is 2. The fourth-order valence-corrected chi connectivity index (χ4v) is 4.66. The average molecular weight is 367 g/mol. The molecule has 0 bridgehead atoms. The Morgan fingerprint density at radius 2 is 1.92 bits per heavy atom. The zero-order chi connectivity index (χ0) is 19.0. The van der Waals surface area contributed by atoms with Crippen molar-refractivity contribution in [2.75, 3.05) is 13.2 Å². The number of imide groups is 1. The molecule has 3 N–H and O–H groups in total. The molecule has 3 amide bonds. The van der Waals surface area contributed by atoms with Crippen LogP contribution in [-0.4, -0.2) is 64.1 Å². The van der Waals surface area contributed by atoms with Crippen molar-refractivity contribution in [2.45, 2.75) is 45.3 Å². The Balaban J connectivity index is 1.88. The standard InChI is InChI=1S/C17H25N3O6/c1-3-20-15(23)9-6-5-8-10(18-19-17(25)26-4-2)7-11(21)14(22)12(8)13(9)16(20)24/h8-9,11-14,21-22H,3-7H2,1-2H3,(H,19,25)/t8-,9+,11+,12-,13+,14+/m0/s1. The van der Waals surface area contributed by atoms with Gasteiger partial charge < -0.3 is 14.9 Å². The maximum atomic E-state index is 12.7. The highest BCUT2D eigenvalue weighted by Crippen LogP contribution is 2.49. The molecule has 26 heavy (non-hydrogen) atoms. The zero-order valence-electron chi connectivity index (χ0n) is 14.9. The number of likely N-dealkylation sites (tertiary alicyclic amines) is 1. The molecule has 2 aliphatic carbocycles. The van der Waals surface area contributed by atoms with E-state index in [2.05, 4.69) is 10.5 Å². The van der Waals surface area contributed by atoms with Crippen molar-refractivity contribution in [3.05, 3.63) is 0 Å². The largest absolute Gasteiger partial charge is 0.449 e. The first kappa shape index (κ1) is 18.8. The van der Waals surface area contributed by atoms with E-state index in [9.17, 15) is 24.6 Å². The van der Waals surface area contributed by atoms with Crippen molar-refractivity contribution in [1.29, 1.82) is 0 Å². The Kier molecular flexibility index (Phi) is 5.29. The molecule has 0 aromatic rings. The second kappa shape index (κ2) is 7.32. The Morgan fingerprint density at radius 3 is 2.58 bits per heavy atom. The fourth-order valence-electron chi connectivity index (χ4n) is 4.66. The van der Waals surface area contributed by atoms with Crippen LogP contribution in [-0.2, 0) is 14.3 Å². The van der Waals surface area contributed by atoms with Crippen LogP contribution >= 0.6 is 0 Å². The number of fused-ring (bicyclic) bond motifs is 3. The molecule has 0 unspecified atom stereocenters. The summed E-state index contributed by atoms with van der Waals surface area (Å²) in [6.45, 7) is 3.92. The summed E-state index contributed by atoms with van der Waals surface area (Å²) in [6.07, 6.45) is -1.72.